The smallest absolute Gasteiger partial charge is 0.152 e. The quantitative estimate of drug-likeness (QED) is 0.491. The van der Waals surface area contributed by atoms with Crippen LogP contribution in [0.2, 0.25) is 0 Å². The summed E-state index contributed by atoms with van der Waals surface area (Å²) in [4.78, 5) is 0. The Balaban J connectivity index is 2.80. The fraction of sp³-hybridized carbons (Fsp3) is 0.300. The molecule has 14 heavy (non-hydrogen) atoms. The maximum Gasteiger partial charge on any atom is 0.152 e. The molecule has 0 aliphatic carbocycles. The van der Waals surface area contributed by atoms with Crippen LogP contribution in [0.3, 0.4) is 0 Å². The van der Waals surface area contributed by atoms with E-state index in [2.05, 4.69) is 0 Å². The average Bonchev–Trinajstić information content (AvgIpc) is 2.18. The molecule has 4 N–H and O–H groups in total. The number of amidine groups is 1. The van der Waals surface area contributed by atoms with Crippen molar-refractivity contribution < 1.29 is 9.84 Å². The lowest BCUT2D eigenvalue weighted by Crippen LogP contribution is -2.30. The van der Waals surface area contributed by atoms with Gasteiger partial charge in [-0.15, -0.1) is 0 Å². The molecule has 0 aliphatic rings. The number of benzene rings is 1. The zero-order valence-electron chi connectivity index (χ0n) is 8.03. The number of rotatable bonds is 4. The van der Waals surface area contributed by atoms with Crippen molar-refractivity contribution in [2.75, 3.05) is 0 Å². The molecule has 1 aromatic carbocycles. The summed E-state index contributed by atoms with van der Waals surface area (Å²) in [5, 5.41) is 16.2. The summed E-state index contributed by atoms with van der Waals surface area (Å²) in [6.45, 7) is 1.61. The summed E-state index contributed by atoms with van der Waals surface area (Å²) in [6, 6.07) is 7.13. The van der Waals surface area contributed by atoms with E-state index in [1.165, 1.54) is 0 Å². The normalized spacial score (nSPS) is 12.1. The number of nitrogens with two attached hydrogens (primary N) is 1. The summed E-state index contributed by atoms with van der Waals surface area (Å²) in [5.41, 5.74) is 5.97. The molecule has 4 heteroatoms. The molecule has 0 fully saturated rings. The van der Waals surface area contributed by atoms with E-state index in [-0.39, 0.29) is 12.4 Å². The molecule has 0 saturated carbocycles. The molecule has 0 bridgehead atoms. The fourth-order valence-corrected chi connectivity index (χ4v) is 1.00. The van der Waals surface area contributed by atoms with Crippen LogP contribution < -0.4 is 10.5 Å². The number of aliphatic hydroxyl groups excluding tert-OH is 1. The van der Waals surface area contributed by atoms with Crippen molar-refractivity contribution in [2.24, 2.45) is 5.73 Å². The number of aliphatic hydroxyl groups is 1. The van der Waals surface area contributed by atoms with Crippen LogP contribution in [0.5, 0.6) is 5.75 Å². The molecule has 1 rings (SSSR count). The SMILES string of the molecule is CC(Oc1ccccc1CO)C(=N)N. The van der Waals surface area contributed by atoms with Gasteiger partial charge in [0.1, 0.15) is 11.6 Å². The van der Waals surface area contributed by atoms with Crippen molar-refractivity contribution in [1.82, 2.24) is 0 Å². The van der Waals surface area contributed by atoms with Gasteiger partial charge in [-0.05, 0) is 13.0 Å². The second-order valence-corrected chi connectivity index (χ2v) is 2.98. The standard InChI is InChI=1S/C10H14N2O2/c1-7(10(11)12)14-9-5-3-2-4-8(9)6-13/h2-5,7,13H,6H2,1H3,(H3,11,12). The van der Waals surface area contributed by atoms with E-state index in [4.69, 9.17) is 21.0 Å². The Kier molecular flexibility index (Phi) is 3.48. The summed E-state index contributed by atoms with van der Waals surface area (Å²) in [7, 11) is 0. The predicted molar refractivity (Wildman–Crippen MR) is 54.4 cm³/mol. The molecule has 0 heterocycles. The Labute approximate surface area is 82.8 Å². The highest BCUT2D eigenvalue weighted by atomic mass is 16.5. The van der Waals surface area contributed by atoms with Crippen LogP contribution in [-0.2, 0) is 6.61 Å². The van der Waals surface area contributed by atoms with Gasteiger partial charge in [-0.1, -0.05) is 18.2 Å². The highest BCUT2D eigenvalue weighted by molar-refractivity contribution is 5.81. The molecular formula is C10H14N2O2. The summed E-state index contributed by atoms with van der Waals surface area (Å²) in [6.07, 6.45) is -0.470. The third-order valence-electron chi connectivity index (χ3n) is 1.88. The van der Waals surface area contributed by atoms with Gasteiger partial charge in [0.05, 0.1) is 6.61 Å². The van der Waals surface area contributed by atoms with Crippen LogP contribution in [0.4, 0.5) is 0 Å². The molecule has 1 unspecified atom stereocenters. The van der Waals surface area contributed by atoms with Crippen LogP contribution >= 0.6 is 0 Å². The monoisotopic (exact) mass is 194 g/mol. The summed E-state index contributed by atoms with van der Waals surface area (Å²) >= 11 is 0. The number of para-hydroxylation sites is 1. The first-order chi connectivity index (χ1) is 6.65. The number of hydrogen-bond acceptors (Lipinski definition) is 3. The minimum atomic E-state index is -0.470. The minimum absolute atomic E-state index is 0.0299. The van der Waals surface area contributed by atoms with Gasteiger partial charge in [0, 0.05) is 5.56 Å². The first-order valence-corrected chi connectivity index (χ1v) is 4.34. The zero-order chi connectivity index (χ0) is 10.6. The van der Waals surface area contributed by atoms with Crippen molar-refractivity contribution in [3.63, 3.8) is 0 Å². The summed E-state index contributed by atoms with van der Waals surface area (Å²) < 4.78 is 5.39. The van der Waals surface area contributed by atoms with Gasteiger partial charge in [0.25, 0.3) is 0 Å². The average molecular weight is 194 g/mol. The van der Waals surface area contributed by atoms with E-state index in [1.807, 2.05) is 6.07 Å². The van der Waals surface area contributed by atoms with Crippen LogP contribution in [0.1, 0.15) is 12.5 Å². The Morgan fingerprint density at radius 2 is 2.21 bits per heavy atom. The van der Waals surface area contributed by atoms with Gasteiger partial charge in [0.2, 0.25) is 0 Å². The van der Waals surface area contributed by atoms with E-state index >= 15 is 0 Å². The number of ether oxygens (including phenoxy) is 1. The highest BCUT2D eigenvalue weighted by Crippen LogP contribution is 2.18. The third-order valence-corrected chi connectivity index (χ3v) is 1.88. The van der Waals surface area contributed by atoms with Crippen molar-refractivity contribution in [3.8, 4) is 5.75 Å². The lowest BCUT2D eigenvalue weighted by Gasteiger charge is -2.15. The highest BCUT2D eigenvalue weighted by Gasteiger charge is 2.09. The first kappa shape index (κ1) is 10.5. The molecular weight excluding hydrogens is 180 g/mol. The maximum atomic E-state index is 9.00. The fourth-order valence-electron chi connectivity index (χ4n) is 1.00. The van der Waals surface area contributed by atoms with Crippen LogP contribution in [0, 0.1) is 5.41 Å². The molecule has 0 aromatic heterocycles. The van der Waals surface area contributed by atoms with Crippen molar-refractivity contribution in [3.05, 3.63) is 29.8 Å². The Hall–Kier alpha value is -1.55. The van der Waals surface area contributed by atoms with Gasteiger partial charge < -0.3 is 15.6 Å². The van der Waals surface area contributed by atoms with Crippen molar-refractivity contribution >= 4 is 5.84 Å². The minimum Gasteiger partial charge on any atom is -0.482 e. The van der Waals surface area contributed by atoms with E-state index in [0.717, 1.165) is 0 Å². The molecule has 0 saturated heterocycles. The number of nitrogens with one attached hydrogen (secondary N) is 1. The van der Waals surface area contributed by atoms with Gasteiger partial charge in [-0.3, -0.25) is 5.41 Å². The number of hydrogen-bond donors (Lipinski definition) is 3. The molecule has 76 valence electrons. The lowest BCUT2D eigenvalue weighted by atomic mass is 10.2. The van der Waals surface area contributed by atoms with Crippen LogP contribution in [0.25, 0.3) is 0 Å². The van der Waals surface area contributed by atoms with Crippen molar-refractivity contribution in [1.29, 1.82) is 5.41 Å². The topological polar surface area (TPSA) is 79.3 Å². The maximum absolute atomic E-state index is 9.00. The van der Waals surface area contributed by atoms with E-state index in [9.17, 15) is 0 Å². The molecule has 0 amide bonds. The Morgan fingerprint density at radius 3 is 2.79 bits per heavy atom. The van der Waals surface area contributed by atoms with E-state index in [1.54, 1.807) is 25.1 Å². The molecule has 0 aliphatic heterocycles. The second kappa shape index (κ2) is 4.62. The molecule has 1 atom stereocenters. The zero-order valence-corrected chi connectivity index (χ0v) is 8.03. The molecule has 0 spiro atoms. The molecule has 1 aromatic rings. The van der Waals surface area contributed by atoms with Gasteiger partial charge in [-0.2, -0.15) is 0 Å². The van der Waals surface area contributed by atoms with Gasteiger partial charge in [-0.25, -0.2) is 0 Å². The van der Waals surface area contributed by atoms with Crippen LogP contribution in [-0.4, -0.2) is 17.0 Å². The predicted octanol–water partition coefficient (Wildman–Crippen LogP) is 0.882. The molecule has 0 radical (unpaired) electrons. The first-order valence-electron chi connectivity index (χ1n) is 4.34. The van der Waals surface area contributed by atoms with Gasteiger partial charge in [0.15, 0.2) is 6.10 Å². The summed E-state index contributed by atoms with van der Waals surface area (Å²) in [5.74, 6) is 0.537. The van der Waals surface area contributed by atoms with Crippen LogP contribution in [0.15, 0.2) is 24.3 Å². The third kappa shape index (κ3) is 2.47. The van der Waals surface area contributed by atoms with Gasteiger partial charge >= 0.3 is 0 Å². The van der Waals surface area contributed by atoms with Crippen molar-refractivity contribution in [2.45, 2.75) is 19.6 Å². The Morgan fingerprint density at radius 1 is 1.57 bits per heavy atom. The Bertz CT molecular complexity index is 326. The van der Waals surface area contributed by atoms with E-state index in [0.29, 0.717) is 11.3 Å². The largest absolute Gasteiger partial charge is 0.482 e. The van der Waals surface area contributed by atoms with E-state index < -0.39 is 6.10 Å². The second-order valence-electron chi connectivity index (χ2n) is 2.98. The molecule has 4 nitrogen and oxygen atoms in total. The lowest BCUT2D eigenvalue weighted by molar-refractivity contribution is 0.251.